The number of carbonyl (C=O) groups excluding carboxylic acids is 1. The molecule has 3 aromatic carbocycles. The van der Waals surface area contributed by atoms with Gasteiger partial charge in [0.05, 0.1) is 11.6 Å². The fourth-order valence-corrected chi connectivity index (χ4v) is 3.31. The molecule has 4 heteroatoms. The molecule has 0 spiro atoms. The van der Waals surface area contributed by atoms with Gasteiger partial charge in [-0.2, -0.15) is 0 Å². The van der Waals surface area contributed by atoms with E-state index >= 15 is 0 Å². The Morgan fingerprint density at radius 3 is 2.07 bits per heavy atom. The van der Waals surface area contributed by atoms with E-state index in [9.17, 15) is 14.7 Å². The van der Waals surface area contributed by atoms with Crippen LogP contribution >= 0.6 is 0 Å². The first-order valence-corrected chi connectivity index (χ1v) is 9.21. The number of hydrogen-bond donors (Lipinski definition) is 1. The van der Waals surface area contributed by atoms with E-state index < -0.39 is 5.97 Å². The molecule has 0 unspecified atom stereocenters. The molecule has 28 heavy (non-hydrogen) atoms. The summed E-state index contributed by atoms with van der Waals surface area (Å²) >= 11 is 0. The molecule has 4 nitrogen and oxygen atoms in total. The van der Waals surface area contributed by atoms with Gasteiger partial charge in [-0.3, -0.25) is 4.79 Å². The highest BCUT2D eigenvalue weighted by molar-refractivity contribution is 5.96. The maximum atomic E-state index is 13.4. The van der Waals surface area contributed by atoms with Gasteiger partial charge >= 0.3 is 5.97 Å². The van der Waals surface area contributed by atoms with Gasteiger partial charge in [0, 0.05) is 12.1 Å². The lowest BCUT2D eigenvalue weighted by molar-refractivity contribution is 0.0651. The van der Waals surface area contributed by atoms with Gasteiger partial charge in [-0.05, 0) is 42.7 Å². The number of rotatable bonds is 6. The Balaban J connectivity index is 2.04. The van der Waals surface area contributed by atoms with Crippen LogP contribution in [0.15, 0.2) is 78.9 Å². The number of carbonyl (C=O) groups is 2. The highest BCUT2D eigenvalue weighted by atomic mass is 16.4. The highest BCUT2D eigenvalue weighted by Gasteiger charge is 2.25. The maximum Gasteiger partial charge on any atom is 0.336 e. The van der Waals surface area contributed by atoms with Crippen LogP contribution in [0.1, 0.15) is 50.4 Å². The lowest BCUT2D eigenvalue weighted by Crippen LogP contribution is -2.34. The van der Waals surface area contributed by atoms with Crippen LogP contribution in [0.5, 0.6) is 0 Å². The van der Waals surface area contributed by atoms with E-state index in [0.717, 1.165) is 11.1 Å². The lowest BCUT2D eigenvalue weighted by atomic mass is 10.0. The van der Waals surface area contributed by atoms with Crippen molar-refractivity contribution in [1.29, 1.82) is 0 Å². The van der Waals surface area contributed by atoms with Crippen LogP contribution in [0.3, 0.4) is 0 Å². The van der Waals surface area contributed by atoms with Gasteiger partial charge in [-0.15, -0.1) is 0 Å². The van der Waals surface area contributed by atoms with Gasteiger partial charge in [-0.1, -0.05) is 66.7 Å². The summed E-state index contributed by atoms with van der Waals surface area (Å²) in [5, 5.41) is 9.53. The number of benzene rings is 3. The van der Waals surface area contributed by atoms with Crippen molar-refractivity contribution in [2.75, 3.05) is 0 Å². The quantitative estimate of drug-likeness (QED) is 0.654. The first-order valence-electron chi connectivity index (χ1n) is 9.21. The second kappa shape index (κ2) is 8.53. The van der Waals surface area contributed by atoms with Crippen molar-refractivity contribution in [3.63, 3.8) is 0 Å². The fraction of sp³-hybridized carbons (Fsp3) is 0.167. The minimum atomic E-state index is -0.994. The Hall–Kier alpha value is -3.40. The van der Waals surface area contributed by atoms with E-state index in [4.69, 9.17) is 0 Å². The minimum absolute atomic E-state index is 0.116. The Morgan fingerprint density at radius 2 is 1.43 bits per heavy atom. The molecular weight excluding hydrogens is 350 g/mol. The average molecular weight is 373 g/mol. The van der Waals surface area contributed by atoms with Gasteiger partial charge in [0.2, 0.25) is 0 Å². The molecule has 0 aliphatic heterocycles. The van der Waals surface area contributed by atoms with Gasteiger partial charge in [0.1, 0.15) is 0 Å². The number of aryl methyl sites for hydroxylation is 1. The van der Waals surface area contributed by atoms with Crippen molar-refractivity contribution in [2.45, 2.75) is 26.4 Å². The summed E-state index contributed by atoms with van der Waals surface area (Å²) in [6, 6.07) is 23.8. The van der Waals surface area contributed by atoms with E-state index in [1.54, 1.807) is 29.2 Å². The Kier molecular flexibility index (Phi) is 5.90. The van der Waals surface area contributed by atoms with Crippen LogP contribution in [0, 0.1) is 6.92 Å². The zero-order valence-corrected chi connectivity index (χ0v) is 16.0. The molecule has 0 saturated carbocycles. The third-order valence-corrected chi connectivity index (χ3v) is 4.97. The van der Waals surface area contributed by atoms with E-state index in [-0.39, 0.29) is 24.1 Å². The van der Waals surface area contributed by atoms with Crippen molar-refractivity contribution < 1.29 is 14.7 Å². The fourth-order valence-electron chi connectivity index (χ4n) is 3.31. The molecule has 0 fully saturated rings. The zero-order valence-electron chi connectivity index (χ0n) is 16.0. The second-order valence-electron chi connectivity index (χ2n) is 6.80. The summed E-state index contributed by atoms with van der Waals surface area (Å²) in [6.45, 7) is 4.09. The highest BCUT2D eigenvalue weighted by Crippen LogP contribution is 2.26. The van der Waals surface area contributed by atoms with E-state index in [1.807, 2.05) is 68.4 Å². The number of amides is 1. The molecule has 142 valence electrons. The van der Waals surface area contributed by atoms with Crippen LogP contribution in [-0.4, -0.2) is 21.9 Å². The first-order chi connectivity index (χ1) is 13.5. The van der Waals surface area contributed by atoms with Gasteiger partial charge in [-0.25, -0.2) is 4.79 Å². The minimum Gasteiger partial charge on any atom is -0.478 e. The van der Waals surface area contributed by atoms with Crippen LogP contribution in [-0.2, 0) is 6.54 Å². The molecule has 0 aliphatic carbocycles. The molecule has 0 heterocycles. The zero-order chi connectivity index (χ0) is 20.1. The monoisotopic (exact) mass is 373 g/mol. The predicted octanol–water partition coefficient (Wildman–Crippen LogP) is 5.10. The number of hydrogen-bond acceptors (Lipinski definition) is 2. The number of carboxylic acid groups (broad SMARTS) is 1. The number of carboxylic acids is 1. The van der Waals surface area contributed by atoms with Crippen molar-refractivity contribution in [2.24, 2.45) is 0 Å². The van der Waals surface area contributed by atoms with E-state index in [0.29, 0.717) is 11.1 Å². The molecule has 3 aromatic rings. The van der Waals surface area contributed by atoms with E-state index in [1.165, 1.54) is 0 Å². The number of nitrogens with zero attached hydrogens (tertiary/aromatic N) is 1. The summed E-state index contributed by atoms with van der Waals surface area (Å²) in [4.78, 5) is 26.8. The maximum absolute atomic E-state index is 13.4. The van der Waals surface area contributed by atoms with Gasteiger partial charge in [0.25, 0.3) is 5.91 Å². The topological polar surface area (TPSA) is 57.6 Å². The molecule has 1 amide bonds. The third kappa shape index (κ3) is 4.12. The predicted molar refractivity (Wildman–Crippen MR) is 109 cm³/mol. The molecule has 1 N–H and O–H groups in total. The Morgan fingerprint density at radius 1 is 0.857 bits per heavy atom. The normalized spacial score (nSPS) is 11.6. The van der Waals surface area contributed by atoms with Crippen molar-refractivity contribution in [3.05, 3.63) is 107 Å². The van der Waals surface area contributed by atoms with Gasteiger partial charge < -0.3 is 10.0 Å². The second-order valence-corrected chi connectivity index (χ2v) is 6.80. The molecule has 0 saturated heterocycles. The van der Waals surface area contributed by atoms with Crippen LogP contribution < -0.4 is 0 Å². The molecule has 0 aliphatic rings. The lowest BCUT2D eigenvalue weighted by Gasteiger charge is -2.31. The molecule has 0 bridgehead atoms. The van der Waals surface area contributed by atoms with Crippen molar-refractivity contribution in [1.82, 2.24) is 4.90 Å². The van der Waals surface area contributed by atoms with Crippen LogP contribution in [0.4, 0.5) is 0 Å². The van der Waals surface area contributed by atoms with Crippen LogP contribution in [0.2, 0.25) is 0 Å². The number of aromatic carboxylic acids is 1. The van der Waals surface area contributed by atoms with Gasteiger partial charge in [0.15, 0.2) is 0 Å². The van der Waals surface area contributed by atoms with E-state index in [2.05, 4.69) is 0 Å². The summed E-state index contributed by atoms with van der Waals surface area (Å²) in [5.74, 6) is -1.11. The smallest absolute Gasteiger partial charge is 0.336 e. The Bertz CT molecular complexity index is 982. The summed E-state index contributed by atoms with van der Waals surface area (Å²) < 4.78 is 0. The molecule has 0 radical (unpaired) electrons. The molecular formula is C24H23NO3. The summed E-state index contributed by atoms with van der Waals surface area (Å²) in [6.07, 6.45) is 0. The average Bonchev–Trinajstić information content (AvgIpc) is 2.72. The summed E-state index contributed by atoms with van der Waals surface area (Å²) in [5.41, 5.74) is 3.34. The molecule has 3 rings (SSSR count). The van der Waals surface area contributed by atoms with Crippen LogP contribution in [0.25, 0.3) is 0 Å². The van der Waals surface area contributed by atoms with Crippen molar-refractivity contribution in [3.8, 4) is 0 Å². The third-order valence-electron chi connectivity index (χ3n) is 4.97. The largest absolute Gasteiger partial charge is 0.478 e. The standard InChI is InChI=1S/C24H23NO3/c1-17-10-6-8-14-21(17)23(26)25(18(2)19-11-4-3-5-12-19)16-20-13-7-9-15-22(20)24(27)28/h3-15,18H,16H2,1-2H3,(H,27,28)/t18-/m0/s1. The Labute approximate surface area is 165 Å². The molecule has 1 atom stereocenters. The first kappa shape index (κ1) is 19.4. The van der Waals surface area contributed by atoms with Crippen molar-refractivity contribution >= 4 is 11.9 Å². The molecule has 0 aromatic heterocycles. The summed E-state index contributed by atoms with van der Waals surface area (Å²) in [7, 11) is 0. The SMILES string of the molecule is Cc1ccccc1C(=O)N(Cc1ccccc1C(=O)O)[C@@H](C)c1ccccc1.